The summed E-state index contributed by atoms with van der Waals surface area (Å²) in [5.41, 5.74) is 2.69. The Kier molecular flexibility index (Phi) is 8.33. The summed E-state index contributed by atoms with van der Waals surface area (Å²) in [5, 5.41) is 6.87. The van der Waals surface area contributed by atoms with E-state index in [1.807, 2.05) is 24.3 Å². The Morgan fingerprint density at radius 3 is 2.31 bits per heavy atom. The SMILES string of the molecule is CCN(CC)c1ccc(NC(=S)NC(=O)/C=C/c2ccc(-c3cc(Cl)cc(Cl)c3)o2)cc1. The number of carbonyl (C=O) groups excluding carboxylic acids is 1. The Bertz CT molecular complexity index is 1100. The lowest BCUT2D eigenvalue weighted by atomic mass is 10.2. The van der Waals surface area contributed by atoms with Crippen molar-refractivity contribution in [1.82, 2.24) is 5.32 Å². The van der Waals surface area contributed by atoms with E-state index in [0.717, 1.165) is 30.0 Å². The van der Waals surface area contributed by atoms with Crippen LogP contribution in [0.25, 0.3) is 17.4 Å². The fourth-order valence-electron chi connectivity index (χ4n) is 3.11. The predicted octanol–water partition coefficient (Wildman–Crippen LogP) is 6.63. The summed E-state index contributed by atoms with van der Waals surface area (Å²) in [7, 11) is 0. The summed E-state index contributed by atoms with van der Waals surface area (Å²) in [6.45, 7) is 6.11. The molecule has 166 valence electrons. The van der Waals surface area contributed by atoms with Crippen LogP contribution in [0.2, 0.25) is 10.0 Å². The normalized spacial score (nSPS) is 10.9. The zero-order valence-electron chi connectivity index (χ0n) is 17.7. The molecule has 32 heavy (non-hydrogen) atoms. The predicted molar refractivity (Wildman–Crippen MR) is 138 cm³/mol. The highest BCUT2D eigenvalue weighted by Crippen LogP contribution is 2.29. The molecule has 3 rings (SSSR count). The number of anilines is 2. The third-order valence-electron chi connectivity index (χ3n) is 4.66. The molecule has 0 spiro atoms. The molecule has 0 aliphatic rings. The van der Waals surface area contributed by atoms with Gasteiger partial charge in [0.2, 0.25) is 5.91 Å². The lowest BCUT2D eigenvalue weighted by Crippen LogP contribution is -2.32. The first-order valence-corrected chi connectivity index (χ1v) is 11.3. The summed E-state index contributed by atoms with van der Waals surface area (Å²) >= 11 is 17.3. The first kappa shape index (κ1) is 23.9. The molecule has 0 fully saturated rings. The molecule has 0 bridgehead atoms. The molecule has 1 heterocycles. The molecule has 0 aliphatic heterocycles. The number of nitrogens with zero attached hydrogens (tertiary/aromatic N) is 1. The van der Waals surface area contributed by atoms with Gasteiger partial charge in [-0.2, -0.15) is 0 Å². The molecule has 5 nitrogen and oxygen atoms in total. The maximum Gasteiger partial charge on any atom is 0.250 e. The summed E-state index contributed by atoms with van der Waals surface area (Å²) in [5.74, 6) is 0.739. The number of thiocarbonyl (C=S) groups is 1. The number of hydrogen-bond donors (Lipinski definition) is 2. The Morgan fingerprint density at radius 1 is 1.03 bits per heavy atom. The van der Waals surface area contributed by atoms with E-state index in [1.54, 1.807) is 36.4 Å². The molecule has 0 radical (unpaired) electrons. The van der Waals surface area contributed by atoms with Crippen molar-refractivity contribution in [2.24, 2.45) is 0 Å². The van der Waals surface area contributed by atoms with Crippen LogP contribution in [0.4, 0.5) is 11.4 Å². The maximum absolute atomic E-state index is 12.2. The van der Waals surface area contributed by atoms with Gasteiger partial charge in [-0.3, -0.25) is 10.1 Å². The molecule has 8 heteroatoms. The van der Waals surface area contributed by atoms with Crippen molar-refractivity contribution in [2.45, 2.75) is 13.8 Å². The summed E-state index contributed by atoms with van der Waals surface area (Å²) in [4.78, 5) is 14.4. The molecule has 0 saturated heterocycles. The third-order valence-corrected chi connectivity index (χ3v) is 5.30. The minimum atomic E-state index is -0.369. The van der Waals surface area contributed by atoms with Crippen LogP contribution < -0.4 is 15.5 Å². The molecule has 0 aliphatic carbocycles. The van der Waals surface area contributed by atoms with Crippen LogP contribution in [0, 0.1) is 0 Å². The van der Waals surface area contributed by atoms with E-state index in [0.29, 0.717) is 21.6 Å². The largest absolute Gasteiger partial charge is 0.457 e. The number of hydrogen-bond acceptors (Lipinski definition) is 4. The van der Waals surface area contributed by atoms with E-state index < -0.39 is 0 Å². The quantitative estimate of drug-likeness (QED) is 0.289. The number of rotatable bonds is 7. The van der Waals surface area contributed by atoms with Gasteiger partial charge < -0.3 is 14.6 Å². The van der Waals surface area contributed by atoms with Gasteiger partial charge in [-0.25, -0.2) is 0 Å². The third kappa shape index (κ3) is 6.60. The average Bonchev–Trinajstić information content (AvgIpc) is 3.23. The van der Waals surface area contributed by atoms with Gasteiger partial charge in [0.15, 0.2) is 5.11 Å². The molecule has 3 aromatic rings. The van der Waals surface area contributed by atoms with E-state index >= 15 is 0 Å². The van der Waals surface area contributed by atoms with Gasteiger partial charge in [-0.1, -0.05) is 23.2 Å². The molecular weight excluding hydrogens is 465 g/mol. The second kappa shape index (κ2) is 11.2. The molecule has 1 amide bonds. The fourth-order valence-corrected chi connectivity index (χ4v) is 3.86. The van der Waals surface area contributed by atoms with E-state index in [9.17, 15) is 4.79 Å². The van der Waals surface area contributed by atoms with Crippen LogP contribution in [0.5, 0.6) is 0 Å². The monoisotopic (exact) mass is 487 g/mol. The van der Waals surface area contributed by atoms with Crippen molar-refractivity contribution >= 4 is 63.9 Å². The Hall–Kier alpha value is -2.80. The number of furan rings is 1. The van der Waals surface area contributed by atoms with Gasteiger partial charge in [-0.15, -0.1) is 0 Å². The van der Waals surface area contributed by atoms with Crippen molar-refractivity contribution in [1.29, 1.82) is 0 Å². The Labute approximate surface area is 203 Å². The van der Waals surface area contributed by atoms with Gasteiger partial charge in [0.1, 0.15) is 11.5 Å². The van der Waals surface area contributed by atoms with Gasteiger partial charge in [0, 0.05) is 46.1 Å². The number of halogens is 2. The van der Waals surface area contributed by atoms with Crippen LogP contribution in [-0.2, 0) is 4.79 Å². The van der Waals surface area contributed by atoms with Crippen LogP contribution >= 0.6 is 35.4 Å². The van der Waals surface area contributed by atoms with Crippen LogP contribution in [0.15, 0.2) is 65.1 Å². The van der Waals surface area contributed by atoms with Gasteiger partial charge in [0.25, 0.3) is 0 Å². The second-order valence-electron chi connectivity index (χ2n) is 6.86. The highest BCUT2D eigenvalue weighted by Gasteiger charge is 2.07. The Balaban J connectivity index is 1.55. The molecule has 0 atom stereocenters. The number of benzene rings is 2. The Morgan fingerprint density at radius 2 is 1.69 bits per heavy atom. The summed E-state index contributed by atoms with van der Waals surface area (Å²) in [6, 6.07) is 16.6. The topological polar surface area (TPSA) is 57.5 Å². The highest BCUT2D eigenvalue weighted by atomic mass is 35.5. The van der Waals surface area contributed by atoms with Crippen LogP contribution in [0.3, 0.4) is 0 Å². The van der Waals surface area contributed by atoms with E-state index in [4.69, 9.17) is 39.8 Å². The number of nitrogens with one attached hydrogen (secondary N) is 2. The lowest BCUT2D eigenvalue weighted by molar-refractivity contribution is -0.115. The minimum absolute atomic E-state index is 0.212. The fraction of sp³-hybridized carbons (Fsp3) is 0.167. The second-order valence-corrected chi connectivity index (χ2v) is 8.14. The van der Waals surface area contributed by atoms with E-state index in [1.165, 1.54) is 6.08 Å². The van der Waals surface area contributed by atoms with E-state index in [2.05, 4.69) is 29.4 Å². The highest BCUT2D eigenvalue weighted by molar-refractivity contribution is 7.80. The van der Waals surface area contributed by atoms with Crippen LogP contribution in [-0.4, -0.2) is 24.1 Å². The molecule has 0 saturated carbocycles. The maximum atomic E-state index is 12.2. The van der Waals surface area contributed by atoms with Crippen molar-refractivity contribution < 1.29 is 9.21 Å². The smallest absolute Gasteiger partial charge is 0.250 e. The minimum Gasteiger partial charge on any atom is -0.457 e. The van der Waals surface area contributed by atoms with Crippen molar-refractivity contribution in [3.05, 3.63) is 76.5 Å². The zero-order valence-corrected chi connectivity index (χ0v) is 20.0. The molecular formula is C24H23Cl2N3O2S. The first-order valence-electron chi connectivity index (χ1n) is 10.1. The van der Waals surface area contributed by atoms with E-state index in [-0.39, 0.29) is 11.0 Å². The van der Waals surface area contributed by atoms with Gasteiger partial charge in [-0.05, 0) is 86.7 Å². The molecule has 2 aromatic carbocycles. The van der Waals surface area contributed by atoms with Crippen molar-refractivity contribution in [2.75, 3.05) is 23.3 Å². The zero-order chi connectivity index (χ0) is 23.1. The van der Waals surface area contributed by atoms with Gasteiger partial charge in [0.05, 0.1) is 0 Å². The molecule has 1 aromatic heterocycles. The van der Waals surface area contributed by atoms with Gasteiger partial charge >= 0.3 is 0 Å². The molecule has 2 N–H and O–H groups in total. The first-order chi connectivity index (χ1) is 15.4. The number of amides is 1. The van der Waals surface area contributed by atoms with Crippen molar-refractivity contribution in [3.8, 4) is 11.3 Å². The van der Waals surface area contributed by atoms with Crippen LogP contribution in [0.1, 0.15) is 19.6 Å². The number of carbonyl (C=O) groups is 1. The summed E-state index contributed by atoms with van der Waals surface area (Å²) in [6.07, 6.45) is 2.91. The lowest BCUT2D eigenvalue weighted by Gasteiger charge is -2.21. The van der Waals surface area contributed by atoms with Crippen molar-refractivity contribution in [3.63, 3.8) is 0 Å². The average molecular weight is 488 g/mol. The standard InChI is InChI=1S/C24H23Cl2N3O2S/c1-3-29(4-2)20-7-5-19(6-8-20)27-24(32)28-23(30)12-10-21-9-11-22(31-21)16-13-17(25)15-18(26)14-16/h5-15H,3-4H2,1-2H3,(H2,27,28,30,32)/b12-10+. The summed E-state index contributed by atoms with van der Waals surface area (Å²) < 4.78 is 5.74. The molecule has 0 unspecified atom stereocenters.